The summed E-state index contributed by atoms with van der Waals surface area (Å²) in [6, 6.07) is -4.27. The minimum absolute atomic E-state index is 1.01. The Hall–Kier alpha value is -0.570. The summed E-state index contributed by atoms with van der Waals surface area (Å²) in [5.74, 6) is -2.47. The van der Waals surface area contributed by atoms with Gasteiger partial charge >= 0.3 is 0 Å². The van der Waals surface area contributed by atoms with E-state index >= 15 is 0 Å². The average Bonchev–Trinajstić information content (AvgIpc) is 2.37. The summed E-state index contributed by atoms with van der Waals surface area (Å²) in [7, 11) is 0. The molecule has 0 atom stereocenters. The first-order valence-corrected chi connectivity index (χ1v) is 3.58. The highest BCUT2D eigenvalue weighted by Gasteiger charge is 1.92. The molecule has 1 nitrogen and oxygen atoms in total. The first-order chi connectivity index (χ1) is 9.65. The maximum atomic E-state index is 13.4. The Morgan fingerprint density at radius 1 is 1.50 bits per heavy atom. The Bertz CT molecular complexity index is 570. The normalized spacial score (nSPS) is 25.5. The summed E-state index contributed by atoms with van der Waals surface area (Å²) in [5.41, 5.74) is 0. The van der Waals surface area contributed by atoms with Crippen molar-refractivity contribution in [3.8, 4) is 5.75 Å². The molecule has 0 aromatic heterocycles. The number of hydrogen-bond acceptors (Lipinski definition) is 1. The lowest BCUT2D eigenvalue weighted by molar-refractivity contribution is 0.318. The third kappa shape index (κ3) is 3.22. The van der Waals surface area contributed by atoms with Gasteiger partial charge in [0.2, 0.25) is 0 Å². The molecule has 0 aliphatic carbocycles. The van der Waals surface area contributed by atoms with Gasteiger partial charge in [-0.1, -0.05) is 15.9 Å². The molecule has 0 fully saturated rings. The molecule has 0 spiro atoms. The van der Waals surface area contributed by atoms with E-state index in [9.17, 15) is 4.39 Å². The molecule has 0 amide bonds. The van der Waals surface area contributed by atoms with Crippen molar-refractivity contribution in [1.82, 2.24) is 0 Å². The fraction of sp³-hybridized carbons (Fsp3) is 0.333. The van der Waals surface area contributed by atoms with Crippen LogP contribution in [0.5, 0.6) is 5.75 Å². The fourth-order valence-electron chi connectivity index (χ4n) is 0.433. The van der Waals surface area contributed by atoms with Crippen LogP contribution in [0.3, 0.4) is 0 Å². The molecule has 0 unspecified atom stereocenters. The number of hydrogen-bond donors (Lipinski definition) is 0. The van der Waals surface area contributed by atoms with Crippen LogP contribution in [-0.4, -0.2) is 11.8 Å². The van der Waals surface area contributed by atoms with E-state index in [1.165, 1.54) is 0 Å². The van der Waals surface area contributed by atoms with E-state index in [4.69, 9.17) is 13.7 Å². The van der Waals surface area contributed by atoms with Gasteiger partial charge in [0.15, 0.2) is 0 Å². The molecule has 0 N–H and O–H groups in total. The zero-order chi connectivity index (χ0) is 17.7. The molecule has 0 bridgehead atoms. The Morgan fingerprint density at radius 3 is 2.75 bits per heavy atom. The predicted molar refractivity (Wildman–Crippen MR) is 50.3 cm³/mol. The number of alkyl halides is 1. The maximum Gasteiger partial charge on any atom is 0.123 e. The first kappa shape index (κ1) is 2.71. The summed E-state index contributed by atoms with van der Waals surface area (Å²) >= 11 is 2.34. The highest BCUT2D eigenvalue weighted by atomic mass is 79.9. The lowest BCUT2D eigenvalue weighted by Crippen LogP contribution is -1.97. The third-order valence-corrected chi connectivity index (χ3v) is 1.02. The molecule has 0 saturated heterocycles. The third-order valence-electron chi connectivity index (χ3n) is 0.823. The van der Waals surface area contributed by atoms with E-state index < -0.39 is 54.0 Å². The van der Waals surface area contributed by atoms with Gasteiger partial charge in [-0.2, -0.15) is 0 Å². The highest BCUT2D eigenvalue weighted by molar-refractivity contribution is 9.09. The van der Waals surface area contributed by atoms with Crippen LogP contribution < -0.4 is 4.74 Å². The van der Waals surface area contributed by atoms with Gasteiger partial charge in [-0.25, -0.2) is 4.39 Å². The minimum Gasteiger partial charge on any atom is -0.494 e. The van der Waals surface area contributed by atoms with Crippen molar-refractivity contribution < 1.29 is 22.8 Å². The van der Waals surface area contributed by atoms with Gasteiger partial charge in [-0.05, 0) is 30.5 Å². The Labute approximate surface area is 93.7 Å². The van der Waals surface area contributed by atoms with Crippen LogP contribution in [0, 0.1) is 5.82 Å². The standard InChI is InChI=1S/C9H10BrFO/c10-6-1-7-12-9-4-2-8(11)3-5-9/h2-5H,1,6-7H2/i1D2,2D,3D,4D,5D,6D2,7D2. The van der Waals surface area contributed by atoms with Crippen molar-refractivity contribution in [2.75, 3.05) is 11.8 Å². The highest BCUT2D eigenvalue weighted by Crippen LogP contribution is 2.11. The number of halogens is 2. The monoisotopic (exact) mass is 242 g/mol. The summed E-state index contributed by atoms with van der Waals surface area (Å²) < 4.78 is 91.9. The molecule has 0 aliphatic heterocycles. The molecule has 1 aromatic carbocycles. The van der Waals surface area contributed by atoms with E-state index in [0.29, 0.717) is 0 Å². The quantitative estimate of drug-likeness (QED) is 0.738. The van der Waals surface area contributed by atoms with Crippen LogP contribution in [0.2, 0.25) is 0 Å². The number of benzene rings is 1. The Kier molecular flexibility index (Phi) is 1.16. The van der Waals surface area contributed by atoms with E-state index in [1.54, 1.807) is 0 Å². The fourth-order valence-corrected chi connectivity index (χ4v) is 0.514. The molecule has 66 valence electrons. The lowest BCUT2D eigenvalue weighted by atomic mass is 10.3. The van der Waals surface area contributed by atoms with E-state index in [-0.39, 0.29) is 0 Å². The van der Waals surface area contributed by atoms with Gasteiger partial charge in [0.05, 0.1) is 14.8 Å². The minimum atomic E-state index is -3.37. The Morgan fingerprint density at radius 2 is 2.17 bits per heavy atom. The second-order valence-corrected chi connectivity index (χ2v) is 1.96. The molecule has 1 rings (SSSR count). The van der Waals surface area contributed by atoms with Crippen molar-refractivity contribution in [3.05, 3.63) is 30.0 Å². The average molecular weight is 243 g/mol. The largest absolute Gasteiger partial charge is 0.494 e. The van der Waals surface area contributed by atoms with Crippen LogP contribution in [0.1, 0.15) is 20.1 Å². The van der Waals surface area contributed by atoms with Crippen LogP contribution in [0.15, 0.2) is 24.2 Å². The number of ether oxygens (including phenoxy) is 1. The SMILES string of the molecule is [2H]c1c([2H])c(OC([2H])([2H])C([2H])([2H])C([2H])([2H])Br)c([2H])c([2H])c1F. The molecule has 0 heterocycles. The summed E-state index contributed by atoms with van der Waals surface area (Å²) in [6.07, 6.45) is -3.27. The molecule has 0 saturated carbocycles. The van der Waals surface area contributed by atoms with Crippen molar-refractivity contribution >= 4 is 15.9 Å². The molecule has 12 heavy (non-hydrogen) atoms. The molecular formula is C9H10BrFO. The van der Waals surface area contributed by atoms with Crippen LogP contribution in [-0.2, 0) is 0 Å². The summed E-state index contributed by atoms with van der Waals surface area (Å²) in [6.45, 7) is -3.37. The molecule has 0 radical (unpaired) electrons. The van der Waals surface area contributed by atoms with Crippen LogP contribution in [0.25, 0.3) is 0 Å². The van der Waals surface area contributed by atoms with Crippen LogP contribution >= 0.6 is 15.9 Å². The van der Waals surface area contributed by atoms with Gasteiger partial charge in [0.1, 0.15) is 11.6 Å². The zero-order valence-electron chi connectivity index (χ0n) is 15.7. The van der Waals surface area contributed by atoms with Gasteiger partial charge in [0, 0.05) is 10.8 Å². The smallest absolute Gasteiger partial charge is 0.123 e. The van der Waals surface area contributed by atoms with E-state index in [1.807, 2.05) is 0 Å². The Balaban J connectivity index is 3.43. The van der Waals surface area contributed by atoms with Crippen molar-refractivity contribution in [3.63, 3.8) is 0 Å². The summed E-state index contributed by atoms with van der Waals surface area (Å²) in [4.78, 5) is 0. The van der Waals surface area contributed by atoms with Crippen molar-refractivity contribution in [2.45, 2.75) is 6.37 Å². The second-order valence-electron chi connectivity index (χ2n) is 1.57. The molecule has 3 heteroatoms. The maximum absolute atomic E-state index is 13.4. The molecule has 0 aliphatic rings. The number of rotatable bonds is 4. The van der Waals surface area contributed by atoms with Crippen molar-refractivity contribution in [2.24, 2.45) is 0 Å². The van der Waals surface area contributed by atoms with E-state index in [0.717, 1.165) is 0 Å². The predicted octanol–water partition coefficient (Wildman–Crippen LogP) is 2.99. The van der Waals surface area contributed by atoms with Crippen LogP contribution in [0.4, 0.5) is 4.39 Å². The lowest BCUT2D eigenvalue weighted by Gasteiger charge is -2.03. The molecule has 1 aromatic rings. The zero-order valence-corrected chi connectivity index (χ0v) is 7.25. The van der Waals surface area contributed by atoms with Crippen molar-refractivity contribution in [1.29, 1.82) is 0 Å². The summed E-state index contributed by atoms with van der Waals surface area (Å²) in [5, 5.41) is -2.86. The van der Waals surface area contributed by atoms with Gasteiger partial charge < -0.3 is 4.74 Å². The second kappa shape index (κ2) is 5.14. The topological polar surface area (TPSA) is 9.23 Å². The van der Waals surface area contributed by atoms with Gasteiger partial charge in [-0.15, -0.1) is 0 Å². The van der Waals surface area contributed by atoms with E-state index in [2.05, 4.69) is 20.7 Å². The first-order valence-electron chi connectivity index (χ1n) is 7.79. The van der Waals surface area contributed by atoms with Gasteiger partial charge in [-0.3, -0.25) is 0 Å². The molecular weight excluding hydrogens is 223 g/mol. The van der Waals surface area contributed by atoms with Gasteiger partial charge in [0.25, 0.3) is 0 Å².